The normalized spacial score (nSPS) is 20.8. The van der Waals surface area contributed by atoms with Gasteiger partial charge in [0.1, 0.15) is 0 Å². The Morgan fingerprint density at radius 2 is 1.96 bits per heavy atom. The van der Waals surface area contributed by atoms with Gasteiger partial charge in [0.25, 0.3) is 0 Å². The number of likely N-dealkylation sites (N-methyl/N-ethyl adjacent to an activating group) is 1. The molecular formula is C18H27N3O3S. The van der Waals surface area contributed by atoms with Gasteiger partial charge in [-0.25, -0.2) is 13.1 Å². The van der Waals surface area contributed by atoms with Gasteiger partial charge in [0.2, 0.25) is 15.9 Å². The molecule has 0 aromatic heterocycles. The predicted octanol–water partition coefficient (Wildman–Crippen LogP) is 1.60. The first-order chi connectivity index (χ1) is 11.8. The highest BCUT2D eigenvalue weighted by molar-refractivity contribution is 7.89. The number of piperidine rings is 1. The maximum Gasteiger partial charge on any atom is 0.240 e. The summed E-state index contributed by atoms with van der Waals surface area (Å²) in [7, 11) is -1.86. The molecular weight excluding hydrogens is 338 g/mol. The number of fused-ring (bicyclic) bond motifs is 1. The van der Waals surface area contributed by atoms with Gasteiger partial charge in [0.15, 0.2) is 0 Å². The van der Waals surface area contributed by atoms with Crippen LogP contribution in [0.2, 0.25) is 0 Å². The minimum atomic E-state index is -3.57. The molecule has 6 nitrogen and oxygen atoms in total. The van der Waals surface area contributed by atoms with E-state index < -0.39 is 10.0 Å². The van der Waals surface area contributed by atoms with Gasteiger partial charge >= 0.3 is 0 Å². The summed E-state index contributed by atoms with van der Waals surface area (Å²) in [6, 6.07) is 5.07. The zero-order valence-corrected chi connectivity index (χ0v) is 16.0. The minimum Gasteiger partial charge on any atom is -0.315 e. The molecule has 2 heterocycles. The highest BCUT2D eigenvalue weighted by Crippen LogP contribution is 2.29. The van der Waals surface area contributed by atoms with E-state index in [0.717, 1.165) is 30.3 Å². The zero-order chi connectivity index (χ0) is 18.2. The molecule has 3 rings (SSSR count). The van der Waals surface area contributed by atoms with Crippen LogP contribution < -0.4 is 9.62 Å². The molecule has 2 aliphatic rings. The molecule has 1 fully saturated rings. The fraction of sp³-hybridized carbons (Fsp3) is 0.611. The highest BCUT2D eigenvalue weighted by atomic mass is 32.2. The largest absolute Gasteiger partial charge is 0.315 e. The number of anilines is 1. The smallest absolute Gasteiger partial charge is 0.240 e. The van der Waals surface area contributed by atoms with E-state index in [2.05, 4.69) is 23.5 Å². The fourth-order valence-corrected chi connectivity index (χ4v) is 4.70. The Hall–Kier alpha value is -1.44. The SMILES string of the molecule is CC1CCN(C(C)CNS(=O)(=O)c2ccc3c(c2)CC(=O)N3C)CC1. The lowest BCUT2D eigenvalue weighted by Gasteiger charge is -2.34. The lowest BCUT2D eigenvalue weighted by atomic mass is 9.98. The monoisotopic (exact) mass is 365 g/mol. The number of amides is 1. The third kappa shape index (κ3) is 3.88. The van der Waals surface area contributed by atoms with E-state index in [0.29, 0.717) is 6.54 Å². The van der Waals surface area contributed by atoms with Gasteiger partial charge < -0.3 is 4.90 Å². The van der Waals surface area contributed by atoms with Crippen molar-refractivity contribution in [2.24, 2.45) is 5.92 Å². The van der Waals surface area contributed by atoms with Gasteiger partial charge in [-0.2, -0.15) is 0 Å². The van der Waals surface area contributed by atoms with E-state index in [1.54, 1.807) is 30.1 Å². The molecule has 0 radical (unpaired) electrons. The highest BCUT2D eigenvalue weighted by Gasteiger charge is 2.27. The standard InChI is InChI=1S/C18H27N3O3S/c1-13-6-8-21(9-7-13)14(2)12-19-25(23,24)16-4-5-17-15(10-16)11-18(22)20(17)3/h4-5,10,13-14,19H,6-9,11-12H2,1-3H3. The summed E-state index contributed by atoms with van der Waals surface area (Å²) in [6.45, 7) is 6.77. The van der Waals surface area contributed by atoms with Crippen LogP contribution in [0, 0.1) is 5.92 Å². The molecule has 1 unspecified atom stereocenters. The zero-order valence-electron chi connectivity index (χ0n) is 15.2. The van der Waals surface area contributed by atoms with Crippen LogP contribution >= 0.6 is 0 Å². The summed E-state index contributed by atoms with van der Waals surface area (Å²) in [5.74, 6) is 0.748. The Labute approximate surface area is 150 Å². The third-order valence-electron chi connectivity index (χ3n) is 5.45. The fourth-order valence-electron chi connectivity index (χ4n) is 3.53. The first-order valence-corrected chi connectivity index (χ1v) is 10.4. The molecule has 1 N–H and O–H groups in total. The van der Waals surface area contributed by atoms with Crippen LogP contribution in [0.5, 0.6) is 0 Å². The van der Waals surface area contributed by atoms with Crippen molar-refractivity contribution in [2.45, 2.75) is 44.0 Å². The molecule has 1 atom stereocenters. The summed E-state index contributed by atoms with van der Waals surface area (Å²) in [4.78, 5) is 15.9. The molecule has 138 valence electrons. The van der Waals surface area contributed by atoms with Crippen molar-refractivity contribution in [1.29, 1.82) is 0 Å². The number of benzene rings is 1. The van der Waals surface area contributed by atoms with Crippen LogP contribution in [-0.2, 0) is 21.2 Å². The van der Waals surface area contributed by atoms with Crippen LogP contribution in [0.3, 0.4) is 0 Å². The lowest BCUT2D eigenvalue weighted by molar-refractivity contribution is -0.117. The second kappa shape index (κ2) is 7.05. The van der Waals surface area contributed by atoms with E-state index in [1.807, 2.05) is 0 Å². The topological polar surface area (TPSA) is 69.7 Å². The molecule has 0 aliphatic carbocycles. The number of hydrogen-bond acceptors (Lipinski definition) is 4. The minimum absolute atomic E-state index is 0.00884. The number of likely N-dealkylation sites (tertiary alicyclic amines) is 1. The maximum atomic E-state index is 12.6. The van der Waals surface area contributed by atoms with E-state index in [4.69, 9.17) is 0 Å². The number of carbonyl (C=O) groups is 1. The molecule has 0 spiro atoms. The van der Waals surface area contributed by atoms with E-state index in [-0.39, 0.29) is 23.3 Å². The summed E-state index contributed by atoms with van der Waals surface area (Å²) >= 11 is 0. The van der Waals surface area contributed by atoms with Crippen molar-refractivity contribution in [2.75, 3.05) is 31.6 Å². The second-order valence-corrected chi connectivity index (χ2v) is 9.11. The first kappa shape index (κ1) is 18.4. The Kier molecular flexibility index (Phi) is 5.18. The average molecular weight is 365 g/mol. The van der Waals surface area contributed by atoms with Crippen molar-refractivity contribution in [1.82, 2.24) is 9.62 Å². The number of carbonyl (C=O) groups excluding carboxylic acids is 1. The number of nitrogens with one attached hydrogen (secondary N) is 1. The Morgan fingerprint density at radius 3 is 2.64 bits per heavy atom. The molecule has 0 saturated carbocycles. The summed E-state index contributed by atoms with van der Waals surface area (Å²) in [6.07, 6.45) is 2.60. The van der Waals surface area contributed by atoms with Crippen molar-refractivity contribution >= 4 is 21.6 Å². The third-order valence-corrected chi connectivity index (χ3v) is 6.87. The Balaban J connectivity index is 1.64. The number of hydrogen-bond donors (Lipinski definition) is 1. The van der Waals surface area contributed by atoms with Crippen LogP contribution in [-0.4, -0.2) is 51.9 Å². The number of nitrogens with zero attached hydrogens (tertiary/aromatic N) is 2. The molecule has 1 aromatic carbocycles. The maximum absolute atomic E-state index is 12.6. The van der Waals surface area contributed by atoms with E-state index in [1.165, 1.54) is 12.8 Å². The molecule has 25 heavy (non-hydrogen) atoms. The molecule has 7 heteroatoms. The van der Waals surface area contributed by atoms with Gasteiger partial charge in [0.05, 0.1) is 11.3 Å². The summed E-state index contributed by atoms with van der Waals surface area (Å²) in [5, 5.41) is 0. The number of rotatable bonds is 5. The average Bonchev–Trinajstić information content (AvgIpc) is 2.87. The van der Waals surface area contributed by atoms with Gasteiger partial charge in [-0.3, -0.25) is 9.69 Å². The van der Waals surface area contributed by atoms with Gasteiger partial charge in [-0.15, -0.1) is 0 Å². The van der Waals surface area contributed by atoms with Crippen LogP contribution in [0.1, 0.15) is 32.3 Å². The Bertz CT molecular complexity index is 755. The van der Waals surface area contributed by atoms with Gasteiger partial charge in [-0.1, -0.05) is 6.92 Å². The predicted molar refractivity (Wildman–Crippen MR) is 98.2 cm³/mol. The van der Waals surface area contributed by atoms with Crippen molar-refractivity contribution in [3.63, 3.8) is 0 Å². The lowest BCUT2D eigenvalue weighted by Crippen LogP contribution is -2.45. The van der Waals surface area contributed by atoms with Crippen LogP contribution in [0.25, 0.3) is 0 Å². The molecule has 1 aromatic rings. The number of sulfonamides is 1. The molecule has 2 aliphatic heterocycles. The van der Waals surface area contributed by atoms with Crippen molar-refractivity contribution in [3.05, 3.63) is 23.8 Å². The van der Waals surface area contributed by atoms with Crippen LogP contribution in [0.15, 0.2) is 23.1 Å². The van der Waals surface area contributed by atoms with Crippen LogP contribution in [0.4, 0.5) is 5.69 Å². The van der Waals surface area contributed by atoms with Gasteiger partial charge in [0, 0.05) is 25.3 Å². The summed E-state index contributed by atoms with van der Waals surface area (Å²) < 4.78 is 27.9. The van der Waals surface area contributed by atoms with Crippen molar-refractivity contribution in [3.8, 4) is 0 Å². The van der Waals surface area contributed by atoms with Crippen molar-refractivity contribution < 1.29 is 13.2 Å². The first-order valence-electron chi connectivity index (χ1n) is 8.91. The molecule has 1 amide bonds. The van der Waals surface area contributed by atoms with E-state index in [9.17, 15) is 13.2 Å². The second-order valence-electron chi connectivity index (χ2n) is 7.34. The summed E-state index contributed by atoms with van der Waals surface area (Å²) in [5.41, 5.74) is 1.56. The molecule has 0 bridgehead atoms. The van der Waals surface area contributed by atoms with Gasteiger partial charge in [-0.05, 0) is 62.5 Å². The quantitative estimate of drug-likeness (QED) is 0.861. The molecule has 1 saturated heterocycles. The Morgan fingerprint density at radius 1 is 1.28 bits per heavy atom. The van der Waals surface area contributed by atoms with E-state index >= 15 is 0 Å².